The molecule has 11 heteroatoms. The second kappa shape index (κ2) is 34.2. The second-order valence-electron chi connectivity index (χ2n) is 14.5. The lowest BCUT2D eigenvalue weighted by Gasteiger charge is -2.28. The lowest BCUT2D eigenvalue weighted by Crippen LogP contribution is -2.37. The summed E-state index contributed by atoms with van der Waals surface area (Å²) in [6.07, 6.45) is 35.7. The predicted octanol–water partition coefficient (Wildman–Crippen LogP) is 9.24. The number of unbranched alkanes of at least 4 members (excludes halogenated alkanes) is 10. The summed E-state index contributed by atoms with van der Waals surface area (Å²) in [7, 11) is 1.05. The topological polar surface area (TPSA) is 131 Å². The Kier molecular flexibility index (Phi) is 32.7. The standard InChI is InChI=1S/C42H74NO9P/c1-6-8-10-12-14-16-18-19-21-22-24-26-28-31-39(44)32-30-34-41(45)49-37-40(38-51-53(47,48)50-36-35-43(3,4)5)52-42(46)33-29-27-25-23-20-17-15-13-11-9-7-2/h13-16,19,21,24,26,28,31,39-40,44H,6-12,17-18,20,22-23,25,27,29-30,32-38H2,1-5H3/b15-13-,16-14-,21-19-,26-24-,31-28+/t39-,40-/m1/s1. The molecule has 0 aromatic heterocycles. The van der Waals surface area contributed by atoms with E-state index in [2.05, 4.69) is 50.3 Å². The largest absolute Gasteiger partial charge is 0.756 e. The zero-order valence-corrected chi connectivity index (χ0v) is 34.7. The summed E-state index contributed by atoms with van der Waals surface area (Å²) in [5.74, 6) is -1.06. The molecule has 1 unspecified atom stereocenters. The quantitative estimate of drug-likeness (QED) is 0.0167. The minimum atomic E-state index is -4.67. The third-order valence-corrected chi connectivity index (χ3v) is 9.08. The number of rotatable bonds is 35. The Hall–Kier alpha value is -2.33. The smallest absolute Gasteiger partial charge is 0.306 e. The predicted molar refractivity (Wildman–Crippen MR) is 214 cm³/mol. The number of allylic oxidation sites excluding steroid dienone is 9. The van der Waals surface area contributed by atoms with E-state index in [9.17, 15) is 24.2 Å². The maximum atomic E-state index is 12.6. The number of aliphatic hydroxyl groups excluding tert-OH is 1. The van der Waals surface area contributed by atoms with Crippen molar-refractivity contribution >= 4 is 19.8 Å². The number of ether oxygens (including phenoxy) is 2. The molecule has 0 spiro atoms. The normalized spacial score (nSPS) is 14.9. The zero-order chi connectivity index (χ0) is 39.5. The van der Waals surface area contributed by atoms with Crippen LogP contribution in [0.4, 0.5) is 0 Å². The maximum absolute atomic E-state index is 12.6. The number of hydrogen-bond acceptors (Lipinski definition) is 9. The number of aliphatic hydroxyl groups is 1. The summed E-state index contributed by atoms with van der Waals surface area (Å²) in [6, 6.07) is 0. The highest BCUT2D eigenvalue weighted by atomic mass is 31.2. The number of esters is 2. The van der Waals surface area contributed by atoms with Gasteiger partial charge in [-0.25, -0.2) is 0 Å². The van der Waals surface area contributed by atoms with Crippen molar-refractivity contribution in [3.05, 3.63) is 60.8 Å². The molecule has 0 aliphatic rings. The van der Waals surface area contributed by atoms with Gasteiger partial charge >= 0.3 is 11.9 Å². The highest BCUT2D eigenvalue weighted by Gasteiger charge is 2.21. The van der Waals surface area contributed by atoms with Crippen LogP contribution in [0.1, 0.15) is 136 Å². The fourth-order valence-electron chi connectivity index (χ4n) is 4.85. The van der Waals surface area contributed by atoms with Crippen LogP contribution in [0, 0.1) is 0 Å². The number of phosphoric acid groups is 1. The van der Waals surface area contributed by atoms with Crippen molar-refractivity contribution < 1.29 is 47.2 Å². The van der Waals surface area contributed by atoms with E-state index in [1.165, 1.54) is 32.1 Å². The monoisotopic (exact) mass is 768 g/mol. The summed E-state index contributed by atoms with van der Waals surface area (Å²) in [6.45, 7) is 3.89. The first-order valence-corrected chi connectivity index (χ1v) is 21.6. The molecular formula is C42H74NO9P. The van der Waals surface area contributed by atoms with E-state index in [1.807, 2.05) is 33.3 Å². The summed E-state index contributed by atoms with van der Waals surface area (Å²) in [5, 5.41) is 10.2. The minimum absolute atomic E-state index is 0.0445. The first-order valence-electron chi connectivity index (χ1n) is 20.1. The van der Waals surface area contributed by atoms with E-state index in [-0.39, 0.29) is 26.1 Å². The molecule has 3 atom stereocenters. The number of phosphoric ester groups is 1. The molecule has 0 heterocycles. The SMILES string of the molecule is CCCC/C=C\CCCCCCCC(=O)O[C@H](COC(=O)CCC[C@H](O)/C=C/C=C\C/C=C\C/C=C\CCCCC)COP(=O)([O-])OCC[N+](C)(C)C. The minimum Gasteiger partial charge on any atom is -0.756 e. The highest BCUT2D eigenvalue weighted by Crippen LogP contribution is 2.38. The molecule has 0 aliphatic carbocycles. The van der Waals surface area contributed by atoms with Gasteiger partial charge in [-0.2, -0.15) is 0 Å². The van der Waals surface area contributed by atoms with Gasteiger partial charge < -0.3 is 33.0 Å². The average Bonchev–Trinajstić information content (AvgIpc) is 3.09. The van der Waals surface area contributed by atoms with Crippen LogP contribution in [0.5, 0.6) is 0 Å². The van der Waals surface area contributed by atoms with E-state index in [4.69, 9.17) is 18.5 Å². The average molecular weight is 768 g/mol. The molecule has 53 heavy (non-hydrogen) atoms. The van der Waals surface area contributed by atoms with Gasteiger partial charge in [-0.15, -0.1) is 0 Å². The van der Waals surface area contributed by atoms with Crippen molar-refractivity contribution in [3.63, 3.8) is 0 Å². The van der Waals surface area contributed by atoms with Crippen molar-refractivity contribution in [2.75, 3.05) is 47.5 Å². The molecule has 306 valence electrons. The van der Waals surface area contributed by atoms with Crippen molar-refractivity contribution in [2.45, 2.75) is 148 Å². The molecule has 0 radical (unpaired) electrons. The molecule has 10 nitrogen and oxygen atoms in total. The van der Waals surface area contributed by atoms with Gasteiger partial charge in [0.05, 0.1) is 33.9 Å². The molecule has 0 aromatic carbocycles. The van der Waals surface area contributed by atoms with Gasteiger partial charge in [0.2, 0.25) is 0 Å². The lowest BCUT2D eigenvalue weighted by atomic mass is 10.1. The zero-order valence-electron chi connectivity index (χ0n) is 33.8. The Balaban J connectivity index is 4.62. The van der Waals surface area contributed by atoms with E-state index >= 15 is 0 Å². The molecule has 0 bridgehead atoms. The number of nitrogens with zero attached hydrogens (tertiary/aromatic N) is 1. The fraction of sp³-hybridized carbons (Fsp3) is 0.714. The molecule has 0 amide bonds. The third-order valence-electron chi connectivity index (χ3n) is 8.11. The van der Waals surface area contributed by atoms with Crippen LogP contribution in [0.2, 0.25) is 0 Å². The van der Waals surface area contributed by atoms with Crippen LogP contribution >= 0.6 is 7.82 Å². The second-order valence-corrected chi connectivity index (χ2v) is 15.9. The van der Waals surface area contributed by atoms with E-state index in [0.29, 0.717) is 30.3 Å². The van der Waals surface area contributed by atoms with E-state index in [1.54, 1.807) is 12.2 Å². The molecule has 0 fully saturated rings. The summed E-state index contributed by atoms with van der Waals surface area (Å²) in [5.41, 5.74) is 0. The van der Waals surface area contributed by atoms with Gasteiger partial charge in [0, 0.05) is 12.8 Å². The lowest BCUT2D eigenvalue weighted by molar-refractivity contribution is -0.870. The number of likely N-dealkylation sites (N-methyl/N-ethyl adjacent to an activating group) is 1. The van der Waals surface area contributed by atoms with Crippen LogP contribution in [0.25, 0.3) is 0 Å². The Labute approximate surface area is 322 Å². The molecule has 0 saturated heterocycles. The van der Waals surface area contributed by atoms with E-state index in [0.717, 1.165) is 57.8 Å². The Morgan fingerprint density at radius 1 is 0.698 bits per heavy atom. The van der Waals surface area contributed by atoms with Crippen LogP contribution < -0.4 is 4.89 Å². The summed E-state index contributed by atoms with van der Waals surface area (Å²) in [4.78, 5) is 37.4. The molecular weight excluding hydrogens is 693 g/mol. The van der Waals surface area contributed by atoms with Gasteiger partial charge in [-0.05, 0) is 64.2 Å². The third kappa shape index (κ3) is 37.8. The molecule has 0 aliphatic heterocycles. The fourth-order valence-corrected chi connectivity index (χ4v) is 5.58. The van der Waals surface area contributed by atoms with Gasteiger partial charge in [0.1, 0.15) is 19.8 Å². The number of hydrogen-bond donors (Lipinski definition) is 1. The van der Waals surface area contributed by atoms with Crippen LogP contribution in [-0.2, 0) is 32.7 Å². The molecule has 0 saturated carbocycles. The summed E-state index contributed by atoms with van der Waals surface area (Å²) >= 11 is 0. The summed E-state index contributed by atoms with van der Waals surface area (Å²) < 4.78 is 33.6. The maximum Gasteiger partial charge on any atom is 0.306 e. The van der Waals surface area contributed by atoms with Crippen LogP contribution in [-0.4, -0.2) is 81.2 Å². The highest BCUT2D eigenvalue weighted by molar-refractivity contribution is 7.45. The Bertz CT molecular complexity index is 1110. The van der Waals surface area contributed by atoms with Crippen LogP contribution in [0.3, 0.4) is 0 Å². The first-order chi connectivity index (χ1) is 25.4. The molecule has 0 rings (SSSR count). The van der Waals surface area contributed by atoms with Gasteiger partial charge in [0.15, 0.2) is 6.10 Å². The van der Waals surface area contributed by atoms with Gasteiger partial charge in [0.25, 0.3) is 7.82 Å². The van der Waals surface area contributed by atoms with Crippen molar-refractivity contribution in [1.29, 1.82) is 0 Å². The number of carbonyl (C=O) groups is 2. The number of carbonyl (C=O) groups excluding carboxylic acids is 2. The molecule has 1 N–H and O–H groups in total. The Morgan fingerprint density at radius 2 is 1.28 bits per heavy atom. The Morgan fingerprint density at radius 3 is 1.98 bits per heavy atom. The number of quaternary nitrogens is 1. The van der Waals surface area contributed by atoms with Crippen molar-refractivity contribution in [3.8, 4) is 0 Å². The molecule has 0 aromatic rings. The van der Waals surface area contributed by atoms with Gasteiger partial charge in [-0.3, -0.25) is 14.2 Å². The first kappa shape index (κ1) is 50.7. The van der Waals surface area contributed by atoms with Crippen LogP contribution in [0.15, 0.2) is 60.8 Å². The van der Waals surface area contributed by atoms with Gasteiger partial charge in [-0.1, -0.05) is 120 Å². The van der Waals surface area contributed by atoms with E-state index < -0.39 is 38.6 Å². The van der Waals surface area contributed by atoms with Crippen molar-refractivity contribution in [1.82, 2.24) is 0 Å². The van der Waals surface area contributed by atoms with Crippen molar-refractivity contribution in [2.24, 2.45) is 0 Å².